The number of halogens is 3. The maximum atomic E-state index is 14.5. The molecule has 1 saturated heterocycles. The van der Waals surface area contributed by atoms with Gasteiger partial charge in [-0.2, -0.15) is 0 Å². The third-order valence-corrected chi connectivity index (χ3v) is 5.23. The van der Waals surface area contributed by atoms with Crippen molar-refractivity contribution < 1.29 is 18.4 Å². The summed E-state index contributed by atoms with van der Waals surface area (Å²) in [7, 11) is 0. The minimum atomic E-state index is -0.759. The van der Waals surface area contributed by atoms with Gasteiger partial charge >= 0.3 is 6.03 Å². The number of nitrogens with one attached hydrogen (secondary N) is 1. The largest absolute Gasteiger partial charge is 0.370 e. The number of benzene rings is 1. The van der Waals surface area contributed by atoms with Crippen molar-refractivity contribution in [2.75, 3.05) is 13.1 Å². The number of primary amides is 1. The number of rotatable bonds is 3. The molecule has 3 rings (SSSR count). The predicted molar refractivity (Wildman–Crippen MR) is 100 cm³/mol. The summed E-state index contributed by atoms with van der Waals surface area (Å²) in [6, 6.07) is 1.48. The third kappa shape index (κ3) is 5.79. The Labute approximate surface area is 163 Å². The van der Waals surface area contributed by atoms with E-state index in [0.29, 0.717) is 13.1 Å². The molecule has 150 valence electrons. The molecule has 1 aromatic carbocycles. The Morgan fingerprint density at radius 1 is 1.19 bits per heavy atom. The molecule has 0 bridgehead atoms. The lowest BCUT2D eigenvalue weighted by molar-refractivity contribution is -0.115. The van der Waals surface area contributed by atoms with E-state index in [1.807, 2.05) is 0 Å². The highest BCUT2D eigenvalue weighted by molar-refractivity contribution is 6.30. The minimum absolute atomic E-state index is 0.0454. The Balaban J connectivity index is 0.000000596. The average Bonchev–Trinajstić information content (AvgIpc) is 3.30. The summed E-state index contributed by atoms with van der Waals surface area (Å²) in [6.45, 7) is 2.70. The first-order chi connectivity index (χ1) is 12.8. The smallest absolute Gasteiger partial charge is 0.317 e. The number of nitrogens with zero attached hydrogens (tertiary/aromatic N) is 1. The van der Waals surface area contributed by atoms with Gasteiger partial charge in [0.1, 0.15) is 11.6 Å². The van der Waals surface area contributed by atoms with Gasteiger partial charge in [0, 0.05) is 25.6 Å². The normalized spacial score (nSPS) is 18.0. The molecule has 2 fully saturated rings. The van der Waals surface area contributed by atoms with E-state index in [2.05, 4.69) is 11.1 Å². The Hall–Kier alpha value is -1.89. The van der Waals surface area contributed by atoms with Crippen LogP contribution in [0.15, 0.2) is 12.1 Å². The first kappa shape index (κ1) is 21.4. The highest BCUT2D eigenvalue weighted by Crippen LogP contribution is 2.39. The number of carbonyl (C=O) groups excluding carboxylic acids is 2. The maximum absolute atomic E-state index is 14.5. The summed E-state index contributed by atoms with van der Waals surface area (Å²) < 4.78 is 28.8. The molecule has 27 heavy (non-hydrogen) atoms. The zero-order valence-corrected chi connectivity index (χ0v) is 16.2. The summed E-state index contributed by atoms with van der Waals surface area (Å²) in [5.41, 5.74) is 4.37. The minimum Gasteiger partial charge on any atom is -0.370 e. The molecule has 1 aliphatic carbocycles. The first-order valence-electron chi connectivity index (χ1n) is 9.26. The summed E-state index contributed by atoms with van der Waals surface area (Å²) in [5, 5.41) is 2.76. The lowest BCUT2D eigenvalue weighted by Gasteiger charge is -2.28. The van der Waals surface area contributed by atoms with Crippen molar-refractivity contribution >= 4 is 23.5 Å². The van der Waals surface area contributed by atoms with Gasteiger partial charge in [0.05, 0.1) is 11.1 Å². The molecular formula is C19H26ClF2N3O2. The Morgan fingerprint density at radius 2 is 1.74 bits per heavy atom. The van der Waals surface area contributed by atoms with Crippen LogP contribution in [0, 0.1) is 17.6 Å². The van der Waals surface area contributed by atoms with Crippen LogP contribution < -0.4 is 11.1 Å². The van der Waals surface area contributed by atoms with E-state index < -0.39 is 17.7 Å². The number of urea groups is 1. The first-order valence-corrected chi connectivity index (χ1v) is 9.64. The van der Waals surface area contributed by atoms with Gasteiger partial charge in [0.15, 0.2) is 0 Å². The van der Waals surface area contributed by atoms with Crippen LogP contribution in [-0.2, 0) is 4.79 Å². The molecule has 1 saturated carbocycles. The van der Waals surface area contributed by atoms with Crippen molar-refractivity contribution in [2.24, 2.45) is 11.7 Å². The Morgan fingerprint density at radius 3 is 2.30 bits per heavy atom. The van der Waals surface area contributed by atoms with E-state index in [4.69, 9.17) is 11.6 Å². The molecule has 0 spiro atoms. The van der Waals surface area contributed by atoms with Crippen molar-refractivity contribution in [1.29, 1.82) is 0 Å². The van der Waals surface area contributed by atoms with E-state index in [1.165, 1.54) is 19.1 Å². The zero-order chi connectivity index (χ0) is 20.0. The number of hydrogen-bond donors (Lipinski definition) is 2. The summed E-state index contributed by atoms with van der Waals surface area (Å²) >= 11 is 5.84. The second kappa shape index (κ2) is 9.88. The summed E-state index contributed by atoms with van der Waals surface area (Å²) in [5.74, 6) is -1.69. The third-order valence-electron chi connectivity index (χ3n) is 4.93. The number of amides is 3. The molecule has 8 heteroatoms. The van der Waals surface area contributed by atoms with Crippen LogP contribution >= 0.6 is 11.6 Å². The van der Waals surface area contributed by atoms with E-state index in [-0.39, 0.29) is 28.4 Å². The molecule has 0 aromatic heterocycles. The van der Waals surface area contributed by atoms with Gasteiger partial charge in [-0.15, -0.1) is 0 Å². The second-order valence-corrected chi connectivity index (χ2v) is 7.44. The average molecular weight is 402 g/mol. The van der Waals surface area contributed by atoms with Crippen molar-refractivity contribution in [3.63, 3.8) is 0 Å². The second-order valence-electron chi connectivity index (χ2n) is 7.03. The molecule has 5 nitrogen and oxygen atoms in total. The summed E-state index contributed by atoms with van der Waals surface area (Å²) in [6.07, 6.45) is 5.70. The number of likely N-dealkylation sites (tertiary alicyclic amines) is 1. The molecule has 1 aromatic rings. The molecule has 1 unspecified atom stereocenters. The molecule has 0 radical (unpaired) electrons. The Bertz CT molecular complexity index is 671. The van der Waals surface area contributed by atoms with Crippen molar-refractivity contribution in [1.82, 2.24) is 10.2 Å². The van der Waals surface area contributed by atoms with E-state index in [0.717, 1.165) is 38.5 Å². The van der Waals surface area contributed by atoms with Gasteiger partial charge in [0.25, 0.3) is 0 Å². The van der Waals surface area contributed by atoms with E-state index in [9.17, 15) is 18.4 Å². The van der Waals surface area contributed by atoms with Crippen molar-refractivity contribution in [2.45, 2.75) is 51.5 Å². The lowest BCUT2D eigenvalue weighted by Crippen LogP contribution is -2.42. The molecule has 1 heterocycles. The fraction of sp³-hybridized carbons (Fsp3) is 0.579. The molecule has 1 aliphatic heterocycles. The van der Waals surface area contributed by atoms with Crippen molar-refractivity contribution in [3.05, 3.63) is 34.4 Å². The van der Waals surface area contributed by atoms with Crippen LogP contribution in [0.2, 0.25) is 5.02 Å². The maximum Gasteiger partial charge on any atom is 0.317 e. The molecule has 3 N–H and O–H groups in total. The van der Waals surface area contributed by atoms with Gasteiger partial charge in [0.2, 0.25) is 5.91 Å². The highest BCUT2D eigenvalue weighted by atomic mass is 35.5. The monoisotopic (exact) mass is 401 g/mol. The van der Waals surface area contributed by atoms with E-state index in [1.54, 1.807) is 4.90 Å². The molecular weight excluding hydrogens is 376 g/mol. The number of carbonyl (C=O) groups is 2. The topological polar surface area (TPSA) is 75.4 Å². The van der Waals surface area contributed by atoms with Crippen LogP contribution in [0.5, 0.6) is 0 Å². The lowest BCUT2D eigenvalue weighted by atomic mass is 9.91. The number of hydrogen-bond acceptors (Lipinski definition) is 2. The van der Waals surface area contributed by atoms with Crippen molar-refractivity contribution in [3.8, 4) is 0 Å². The van der Waals surface area contributed by atoms with E-state index >= 15 is 0 Å². The SMILES string of the molecule is CC(N)=O.O=C(NC(c1c(F)ccc(Cl)c1F)C1CCCC1)N1CCCC1. The van der Waals surface area contributed by atoms with Crippen LogP contribution in [0.1, 0.15) is 57.1 Å². The summed E-state index contributed by atoms with van der Waals surface area (Å²) in [4.78, 5) is 23.4. The van der Waals surface area contributed by atoms with Gasteiger partial charge in [-0.05, 0) is 43.7 Å². The quantitative estimate of drug-likeness (QED) is 0.746. The van der Waals surface area contributed by atoms with Crippen LogP contribution in [-0.4, -0.2) is 29.9 Å². The van der Waals surface area contributed by atoms with Crippen LogP contribution in [0.3, 0.4) is 0 Å². The fourth-order valence-corrected chi connectivity index (χ4v) is 3.85. The fourth-order valence-electron chi connectivity index (χ4n) is 3.69. The van der Waals surface area contributed by atoms with Gasteiger partial charge in [-0.25, -0.2) is 13.6 Å². The number of nitrogens with two attached hydrogens (primary N) is 1. The Kier molecular flexibility index (Phi) is 7.83. The molecule has 3 amide bonds. The predicted octanol–water partition coefficient (Wildman–Crippen LogP) is 4.15. The van der Waals surface area contributed by atoms with Gasteiger partial charge < -0.3 is 16.0 Å². The van der Waals surface area contributed by atoms with Gasteiger partial charge in [-0.3, -0.25) is 4.79 Å². The zero-order valence-electron chi connectivity index (χ0n) is 15.4. The van der Waals surface area contributed by atoms with Crippen LogP contribution in [0.4, 0.5) is 13.6 Å². The standard InChI is InChI=1S/C17H21ClF2N2O.C2H5NO/c18-12-7-8-13(19)14(15(12)20)16(11-5-1-2-6-11)21-17(23)22-9-3-4-10-22;1-2(3)4/h7-8,11,16H,1-6,9-10H2,(H,21,23);1H3,(H2,3,4). The van der Waals surface area contributed by atoms with Crippen LogP contribution in [0.25, 0.3) is 0 Å². The molecule has 2 aliphatic rings. The molecule has 1 atom stereocenters. The highest BCUT2D eigenvalue weighted by Gasteiger charge is 2.34. The van der Waals surface area contributed by atoms with Gasteiger partial charge in [-0.1, -0.05) is 24.4 Å².